The minimum Gasteiger partial charge on any atom is -0.497 e. The number of ether oxygens (including phenoxy) is 1. The first kappa shape index (κ1) is 15.6. The highest BCUT2D eigenvalue weighted by Crippen LogP contribution is 2.33. The third kappa shape index (κ3) is 2.92. The zero-order valence-electron chi connectivity index (χ0n) is 13.2. The van der Waals surface area contributed by atoms with Gasteiger partial charge < -0.3 is 9.57 Å². The van der Waals surface area contributed by atoms with Crippen molar-refractivity contribution in [3.63, 3.8) is 0 Å². The van der Waals surface area contributed by atoms with E-state index in [9.17, 15) is 0 Å². The van der Waals surface area contributed by atoms with Crippen LogP contribution < -0.4 is 9.57 Å². The second-order valence-electron chi connectivity index (χ2n) is 5.86. The van der Waals surface area contributed by atoms with E-state index in [0.29, 0.717) is 5.92 Å². The zero-order chi connectivity index (χ0) is 15.7. The lowest BCUT2D eigenvalue weighted by molar-refractivity contribution is 0.0148. The molecule has 3 rings (SSSR count). The quantitative estimate of drug-likeness (QED) is 0.744. The topological polar surface area (TPSA) is 23.4 Å². The fourth-order valence-corrected chi connectivity index (χ4v) is 4.32. The summed E-state index contributed by atoms with van der Waals surface area (Å²) in [5.74, 6) is 1.46. The minimum atomic E-state index is 0.281. The van der Waals surface area contributed by atoms with Gasteiger partial charge in [0.1, 0.15) is 11.9 Å². The van der Waals surface area contributed by atoms with Gasteiger partial charge in [0.25, 0.3) is 0 Å². The molecule has 1 aliphatic rings. The smallest absolute Gasteiger partial charge is 0.197 e. The maximum Gasteiger partial charge on any atom is 0.197 e. The van der Waals surface area contributed by atoms with Crippen LogP contribution in [0.4, 0.5) is 0 Å². The van der Waals surface area contributed by atoms with Gasteiger partial charge in [0.05, 0.1) is 17.7 Å². The molecule has 1 aromatic heterocycles. The van der Waals surface area contributed by atoms with Gasteiger partial charge in [-0.05, 0) is 74.2 Å². The molecule has 2 atom stereocenters. The van der Waals surface area contributed by atoms with Gasteiger partial charge in [0.2, 0.25) is 0 Å². The van der Waals surface area contributed by atoms with Crippen LogP contribution in [-0.2, 0) is 0 Å². The molecule has 1 heterocycles. The van der Waals surface area contributed by atoms with Crippen LogP contribution in [-0.4, -0.2) is 17.9 Å². The summed E-state index contributed by atoms with van der Waals surface area (Å²) in [4.78, 5) is 7.36. The Bertz CT molecular complexity index is 702. The molecule has 0 unspecified atom stereocenters. The molecule has 1 aliphatic carbocycles. The molecule has 0 aliphatic heterocycles. The summed E-state index contributed by atoms with van der Waals surface area (Å²) >= 11 is 7.12. The van der Waals surface area contributed by atoms with Gasteiger partial charge in [-0.15, -0.1) is 11.3 Å². The molecule has 5 heteroatoms. The number of nitrogens with zero attached hydrogens (tertiary/aromatic N) is 1. The van der Waals surface area contributed by atoms with Crippen molar-refractivity contribution in [1.29, 1.82) is 0 Å². The first-order chi connectivity index (χ1) is 10.6. The monoisotopic (exact) mass is 335 g/mol. The summed E-state index contributed by atoms with van der Waals surface area (Å²) < 4.78 is 7.85. The van der Waals surface area contributed by atoms with E-state index in [-0.39, 0.29) is 6.10 Å². The Morgan fingerprint density at radius 1 is 1.23 bits per heavy atom. The summed E-state index contributed by atoms with van der Waals surface area (Å²) in [7, 11) is 1.68. The Morgan fingerprint density at radius 2 is 1.95 bits per heavy atom. The summed E-state index contributed by atoms with van der Waals surface area (Å²) in [6.07, 6.45) is 3.89. The summed E-state index contributed by atoms with van der Waals surface area (Å²) in [6.45, 7) is 4.33. The van der Waals surface area contributed by atoms with Crippen molar-refractivity contribution in [2.45, 2.75) is 39.2 Å². The van der Waals surface area contributed by atoms with Crippen molar-refractivity contribution in [2.24, 2.45) is 5.92 Å². The molecule has 0 spiro atoms. The number of hydrogen-bond donors (Lipinski definition) is 0. The number of aromatic nitrogens is 1. The Labute approximate surface area is 140 Å². The molecule has 0 bridgehead atoms. The number of rotatable bonds is 4. The molecule has 3 nitrogen and oxygen atoms in total. The van der Waals surface area contributed by atoms with E-state index >= 15 is 0 Å². The van der Waals surface area contributed by atoms with E-state index in [1.54, 1.807) is 18.4 Å². The molecule has 2 aromatic rings. The van der Waals surface area contributed by atoms with Crippen LogP contribution in [0, 0.1) is 16.8 Å². The summed E-state index contributed by atoms with van der Waals surface area (Å²) in [6, 6.07) is 8.08. The SMILES string of the molecule is COc1ccc(-c2sc(=S)n(O[C@@H]3CCC[C@@H]3C)c2C)cc1. The van der Waals surface area contributed by atoms with Gasteiger partial charge in [-0.1, -0.05) is 6.92 Å². The predicted molar refractivity (Wildman–Crippen MR) is 93.3 cm³/mol. The first-order valence-corrected chi connectivity index (χ1v) is 8.86. The van der Waals surface area contributed by atoms with Crippen LogP contribution in [0.2, 0.25) is 0 Å². The third-order valence-corrected chi connectivity index (χ3v) is 5.86. The van der Waals surface area contributed by atoms with Crippen LogP contribution in [0.3, 0.4) is 0 Å². The van der Waals surface area contributed by atoms with Crippen molar-refractivity contribution >= 4 is 23.6 Å². The van der Waals surface area contributed by atoms with E-state index in [0.717, 1.165) is 27.4 Å². The molecule has 1 aromatic carbocycles. The number of methoxy groups -OCH3 is 1. The zero-order valence-corrected chi connectivity index (χ0v) is 14.8. The molecule has 22 heavy (non-hydrogen) atoms. The molecule has 1 fully saturated rings. The highest BCUT2D eigenvalue weighted by molar-refractivity contribution is 7.73. The van der Waals surface area contributed by atoms with E-state index in [4.69, 9.17) is 21.8 Å². The maximum atomic E-state index is 6.19. The number of thiazole rings is 1. The van der Waals surface area contributed by atoms with Crippen molar-refractivity contribution in [1.82, 2.24) is 4.73 Å². The predicted octanol–water partition coefficient (Wildman–Crippen LogP) is 4.88. The number of hydrogen-bond acceptors (Lipinski definition) is 4. The van der Waals surface area contributed by atoms with Crippen LogP contribution in [0.1, 0.15) is 31.9 Å². The van der Waals surface area contributed by atoms with Crippen molar-refractivity contribution in [3.05, 3.63) is 33.9 Å². The molecule has 1 saturated carbocycles. The summed E-state index contributed by atoms with van der Waals surface area (Å²) in [5.41, 5.74) is 2.23. The van der Waals surface area contributed by atoms with Gasteiger partial charge >= 0.3 is 0 Å². The Hall–Kier alpha value is -1.33. The van der Waals surface area contributed by atoms with Crippen LogP contribution in [0.15, 0.2) is 24.3 Å². The normalized spacial score (nSPS) is 21.0. The number of benzene rings is 1. The fourth-order valence-electron chi connectivity index (χ4n) is 2.97. The molecular formula is C17H21NO2S2. The minimum absolute atomic E-state index is 0.281. The maximum absolute atomic E-state index is 6.19. The molecule has 0 amide bonds. The van der Waals surface area contributed by atoms with Crippen LogP contribution in [0.5, 0.6) is 5.75 Å². The van der Waals surface area contributed by atoms with E-state index in [1.165, 1.54) is 17.7 Å². The average molecular weight is 335 g/mol. The van der Waals surface area contributed by atoms with Crippen LogP contribution >= 0.6 is 23.6 Å². The lowest BCUT2D eigenvalue weighted by Crippen LogP contribution is -2.27. The van der Waals surface area contributed by atoms with Gasteiger partial charge in [0, 0.05) is 0 Å². The Kier molecular flexibility index (Phi) is 4.54. The third-order valence-electron chi connectivity index (χ3n) is 4.36. The highest BCUT2D eigenvalue weighted by Gasteiger charge is 2.26. The summed E-state index contributed by atoms with van der Waals surface area (Å²) in [5, 5.41) is 0. The van der Waals surface area contributed by atoms with Gasteiger partial charge in [-0.3, -0.25) is 0 Å². The van der Waals surface area contributed by atoms with Gasteiger partial charge in [0.15, 0.2) is 3.95 Å². The highest BCUT2D eigenvalue weighted by atomic mass is 32.1. The molecule has 118 valence electrons. The second-order valence-corrected chi connectivity index (χ2v) is 7.50. The lowest BCUT2D eigenvalue weighted by Gasteiger charge is -2.19. The van der Waals surface area contributed by atoms with Gasteiger partial charge in [-0.2, -0.15) is 4.73 Å². The van der Waals surface area contributed by atoms with Crippen molar-refractivity contribution in [2.75, 3.05) is 7.11 Å². The Morgan fingerprint density at radius 3 is 2.55 bits per heavy atom. The average Bonchev–Trinajstić information content (AvgIpc) is 3.06. The van der Waals surface area contributed by atoms with Gasteiger partial charge in [-0.25, -0.2) is 0 Å². The molecule has 0 N–H and O–H groups in total. The van der Waals surface area contributed by atoms with E-state index < -0.39 is 0 Å². The second kappa shape index (κ2) is 6.42. The van der Waals surface area contributed by atoms with E-state index in [2.05, 4.69) is 26.0 Å². The molecular weight excluding hydrogens is 314 g/mol. The largest absolute Gasteiger partial charge is 0.497 e. The standard InChI is InChI=1S/C17H21NO2S2/c1-11-5-4-6-15(11)20-18-12(2)16(22-17(18)21)13-7-9-14(19-3)10-8-13/h7-11,15H,4-6H2,1-3H3/t11-,15+/m0/s1. The van der Waals surface area contributed by atoms with Crippen molar-refractivity contribution < 1.29 is 9.57 Å². The Balaban J connectivity index is 1.90. The molecule has 0 saturated heterocycles. The lowest BCUT2D eigenvalue weighted by atomic mass is 10.1. The van der Waals surface area contributed by atoms with E-state index in [1.807, 2.05) is 16.9 Å². The fraction of sp³-hybridized carbons (Fsp3) is 0.471. The first-order valence-electron chi connectivity index (χ1n) is 7.64. The van der Waals surface area contributed by atoms with Crippen molar-refractivity contribution in [3.8, 4) is 16.2 Å². The van der Waals surface area contributed by atoms with Crippen LogP contribution in [0.25, 0.3) is 10.4 Å². The molecule has 0 radical (unpaired) electrons.